The Morgan fingerprint density at radius 3 is 2.42 bits per heavy atom. The molecule has 2 saturated heterocycles. The summed E-state index contributed by atoms with van der Waals surface area (Å²) in [4.78, 5) is 36.4. The SMILES string of the molecule is O=C1CC2(CC(O)O1)CC1C(=O)OC(=O)C1C(C1CCCCC1)C2. The maximum atomic E-state index is 12.3. The number of ether oxygens (including phenoxy) is 2. The first-order valence-corrected chi connectivity index (χ1v) is 9.11. The summed E-state index contributed by atoms with van der Waals surface area (Å²) in [7, 11) is 0. The Kier molecular flexibility index (Phi) is 3.90. The standard InChI is InChI=1S/C18H24O6/c19-13-8-18(9-14(20)23-13)6-11(10-4-2-1-3-5-10)15-12(7-18)16(21)24-17(15)22/h10-13,15,19H,1-9H2. The van der Waals surface area contributed by atoms with Crippen molar-refractivity contribution in [2.45, 2.75) is 64.1 Å². The van der Waals surface area contributed by atoms with Gasteiger partial charge in [-0.1, -0.05) is 32.1 Å². The highest BCUT2D eigenvalue weighted by atomic mass is 16.6. The Morgan fingerprint density at radius 1 is 0.958 bits per heavy atom. The third kappa shape index (κ3) is 2.65. The Morgan fingerprint density at radius 2 is 1.71 bits per heavy atom. The van der Waals surface area contributed by atoms with Crippen LogP contribution in [-0.4, -0.2) is 29.3 Å². The van der Waals surface area contributed by atoms with E-state index in [2.05, 4.69) is 0 Å². The van der Waals surface area contributed by atoms with Crippen LogP contribution < -0.4 is 0 Å². The van der Waals surface area contributed by atoms with E-state index in [0.29, 0.717) is 25.2 Å². The lowest BCUT2D eigenvalue weighted by Crippen LogP contribution is -2.49. The van der Waals surface area contributed by atoms with E-state index in [1.54, 1.807) is 0 Å². The van der Waals surface area contributed by atoms with Gasteiger partial charge in [-0.2, -0.15) is 0 Å². The van der Waals surface area contributed by atoms with E-state index in [1.807, 2.05) is 0 Å². The molecule has 5 atom stereocenters. The number of carbonyl (C=O) groups excluding carboxylic acids is 3. The maximum Gasteiger partial charge on any atom is 0.317 e. The van der Waals surface area contributed by atoms with E-state index >= 15 is 0 Å². The lowest BCUT2D eigenvalue weighted by atomic mass is 9.54. The van der Waals surface area contributed by atoms with Gasteiger partial charge in [0.25, 0.3) is 0 Å². The molecule has 6 heteroatoms. The number of hydrogen-bond donors (Lipinski definition) is 1. The molecular formula is C18H24O6. The van der Waals surface area contributed by atoms with Crippen LogP contribution in [0.15, 0.2) is 0 Å². The van der Waals surface area contributed by atoms with Gasteiger partial charge >= 0.3 is 17.9 Å². The molecule has 24 heavy (non-hydrogen) atoms. The van der Waals surface area contributed by atoms with Gasteiger partial charge in [0, 0.05) is 6.42 Å². The second kappa shape index (κ2) is 5.83. The van der Waals surface area contributed by atoms with Crippen molar-refractivity contribution >= 4 is 17.9 Å². The molecule has 1 spiro atoms. The van der Waals surface area contributed by atoms with Crippen LogP contribution in [0, 0.1) is 29.1 Å². The normalized spacial score (nSPS) is 43.5. The summed E-state index contributed by atoms with van der Waals surface area (Å²) < 4.78 is 9.85. The molecule has 0 aromatic carbocycles. The summed E-state index contributed by atoms with van der Waals surface area (Å²) in [5.41, 5.74) is -0.443. The first kappa shape index (κ1) is 16.1. The summed E-state index contributed by atoms with van der Waals surface area (Å²) in [5.74, 6) is -1.59. The van der Waals surface area contributed by atoms with Crippen molar-refractivity contribution in [2.24, 2.45) is 29.1 Å². The van der Waals surface area contributed by atoms with Crippen molar-refractivity contribution in [3.63, 3.8) is 0 Å². The number of cyclic esters (lactones) is 3. The molecule has 0 aromatic rings. The van der Waals surface area contributed by atoms with Crippen molar-refractivity contribution < 1.29 is 29.0 Å². The minimum absolute atomic E-state index is 0.0705. The van der Waals surface area contributed by atoms with Gasteiger partial charge in [-0.3, -0.25) is 14.4 Å². The summed E-state index contributed by atoms with van der Waals surface area (Å²) in [6.45, 7) is 0. The zero-order valence-electron chi connectivity index (χ0n) is 13.7. The number of rotatable bonds is 1. The molecule has 2 aliphatic heterocycles. The Balaban J connectivity index is 1.66. The van der Waals surface area contributed by atoms with Crippen LogP contribution in [0.4, 0.5) is 0 Å². The van der Waals surface area contributed by atoms with E-state index in [9.17, 15) is 19.5 Å². The molecule has 6 nitrogen and oxygen atoms in total. The number of carbonyl (C=O) groups is 3. The molecule has 4 rings (SSSR count). The molecule has 0 bridgehead atoms. The number of fused-ring (bicyclic) bond motifs is 1. The smallest absolute Gasteiger partial charge is 0.317 e. The van der Waals surface area contributed by atoms with Gasteiger partial charge in [0.2, 0.25) is 6.29 Å². The highest BCUT2D eigenvalue weighted by Crippen LogP contribution is 2.57. The van der Waals surface area contributed by atoms with Gasteiger partial charge in [0.1, 0.15) is 0 Å². The molecular weight excluding hydrogens is 312 g/mol. The van der Waals surface area contributed by atoms with E-state index in [-0.39, 0.29) is 24.2 Å². The van der Waals surface area contributed by atoms with Crippen LogP contribution in [0.5, 0.6) is 0 Å². The van der Waals surface area contributed by atoms with Crippen molar-refractivity contribution in [2.75, 3.05) is 0 Å². The lowest BCUT2D eigenvalue weighted by molar-refractivity contribution is -0.197. The zero-order valence-corrected chi connectivity index (χ0v) is 13.7. The fraction of sp³-hybridized carbons (Fsp3) is 0.833. The van der Waals surface area contributed by atoms with Gasteiger partial charge < -0.3 is 14.6 Å². The maximum absolute atomic E-state index is 12.3. The van der Waals surface area contributed by atoms with E-state index in [1.165, 1.54) is 6.42 Å². The van der Waals surface area contributed by atoms with Crippen LogP contribution in [0.1, 0.15) is 57.8 Å². The van der Waals surface area contributed by atoms with Crippen molar-refractivity contribution in [1.29, 1.82) is 0 Å². The molecule has 0 aromatic heterocycles. The molecule has 4 aliphatic rings. The molecule has 5 unspecified atom stereocenters. The second-order valence-electron chi connectivity index (χ2n) is 8.17. The first-order valence-electron chi connectivity index (χ1n) is 9.11. The monoisotopic (exact) mass is 336 g/mol. The van der Waals surface area contributed by atoms with Crippen LogP contribution in [0.3, 0.4) is 0 Å². The van der Waals surface area contributed by atoms with Crippen LogP contribution in [0.2, 0.25) is 0 Å². The molecule has 132 valence electrons. The predicted octanol–water partition coefficient (Wildman–Crippen LogP) is 1.93. The summed E-state index contributed by atoms with van der Waals surface area (Å²) in [6, 6.07) is 0. The topological polar surface area (TPSA) is 89.9 Å². The fourth-order valence-corrected chi connectivity index (χ4v) is 5.73. The summed E-state index contributed by atoms with van der Waals surface area (Å²) in [5, 5.41) is 9.93. The molecule has 0 radical (unpaired) electrons. The summed E-state index contributed by atoms with van der Waals surface area (Å²) >= 11 is 0. The molecule has 0 amide bonds. The van der Waals surface area contributed by atoms with Crippen molar-refractivity contribution in [3.8, 4) is 0 Å². The summed E-state index contributed by atoms with van der Waals surface area (Å²) in [6.07, 6.45) is 6.27. The molecule has 1 N–H and O–H groups in total. The van der Waals surface area contributed by atoms with Gasteiger partial charge in [-0.25, -0.2) is 0 Å². The Hall–Kier alpha value is -1.43. The third-order valence-electron chi connectivity index (χ3n) is 6.64. The Labute approximate surface area is 140 Å². The Bertz CT molecular complexity index is 566. The fourth-order valence-electron chi connectivity index (χ4n) is 5.73. The molecule has 2 saturated carbocycles. The van der Waals surface area contributed by atoms with E-state index in [0.717, 1.165) is 25.7 Å². The quantitative estimate of drug-likeness (QED) is 0.581. The molecule has 2 heterocycles. The van der Waals surface area contributed by atoms with Gasteiger partial charge in [-0.05, 0) is 30.1 Å². The number of aliphatic hydroxyl groups excluding tert-OH is 1. The largest absolute Gasteiger partial charge is 0.436 e. The lowest BCUT2D eigenvalue weighted by Gasteiger charge is -2.49. The highest BCUT2D eigenvalue weighted by molar-refractivity contribution is 5.97. The second-order valence-corrected chi connectivity index (χ2v) is 8.17. The van der Waals surface area contributed by atoms with Gasteiger partial charge in [-0.15, -0.1) is 0 Å². The van der Waals surface area contributed by atoms with Crippen molar-refractivity contribution in [1.82, 2.24) is 0 Å². The molecule has 4 fully saturated rings. The number of esters is 3. The van der Waals surface area contributed by atoms with Crippen molar-refractivity contribution in [3.05, 3.63) is 0 Å². The van der Waals surface area contributed by atoms with E-state index in [4.69, 9.17) is 9.47 Å². The minimum Gasteiger partial charge on any atom is -0.436 e. The average Bonchev–Trinajstić information content (AvgIpc) is 2.80. The average molecular weight is 336 g/mol. The third-order valence-corrected chi connectivity index (χ3v) is 6.64. The van der Waals surface area contributed by atoms with Crippen LogP contribution in [0.25, 0.3) is 0 Å². The van der Waals surface area contributed by atoms with Crippen LogP contribution >= 0.6 is 0 Å². The predicted molar refractivity (Wildman–Crippen MR) is 81.1 cm³/mol. The minimum atomic E-state index is -1.11. The van der Waals surface area contributed by atoms with Crippen LogP contribution in [-0.2, 0) is 23.9 Å². The van der Waals surface area contributed by atoms with Gasteiger partial charge in [0.05, 0.1) is 18.3 Å². The van der Waals surface area contributed by atoms with Gasteiger partial charge in [0.15, 0.2) is 0 Å². The van der Waals surface area contributed by atoms with E-state index < -0.39 is 29.6 Å². The number of hydrogen-bond acceptors (Lipinski definition) is 6. The molecule has 2 aliphatic carbocycles. The first-order chi connectivity index (χ1) is 11.5. The zero-order chi connectivity index (χ0) is 16.9. The number of aliphatic hydroxyl groups is 1. The highest BCUT2D eigenvalue weighted by Gasteiger charge is 2.59.